The van der Waals surface area contributed by atoms with Crippen molar-refractivity contribution < 1.29 is 30.4 Å². The number of hydrogen-bond acceptors (Lipinski definition) is 6. The fraction of sp³-hybridized carbons (Fsp3) is 0.316. The van der Waals surface area contributed by atoms with Crippen molar-refractivity contribution >= 4 is 10.0 Å². The maximum Gasteiger partial charge on any atom is 0.416 e. The summed E-state index contributed by atoms with van der Waals surface area (Å²) in [5, 5.41) is 11.3. The molecule has 1 aliphatic heterocycles. The summed E-state index contributed by atoms with van der Waals surface area (Å²) in [6, 6.07) is 6.61. The lowest BCUT2D eigenvalue weighted by Gasteiger charge is -2.33. The second kappa shape index (κ2) is 8.76. The largest absolute Gasteiger partial charge is 0.416 e. The Morgan fingerprint density at radius 2 is 1.61 bits per heavy atom. The zero-order chi connectivity index (χ0) is 23.8. The number of halogens is 5. The predicted octanol–water partition coefficient (Wildman–Crippen LogP) is 2.47. The van der Waals surface area contributed by atoms with Gasteiger partial charge >= 0.3 is 6.18 Å². The van der Waals surface area contributed by atoms with Crippen LogP contribution in [0.4, 0.5) is 22.0 Å². The van der Waals surface area contributed by atoms with Crippen molar-refractivity contribution in [3.63, 3.8) is 0 Å². The predicted molar refractivity (Wildman–Crippen MR) is 105 cm³/mol. The molecule has 2 heterocycles. The Balaban J connectivity index is 1.43. The van der Waals surface area contributed by atoms with Gasteiger partial charge in [-0.3, -0.25) is 4.90 Å². The molecule has 0 aliphatic carbocycles. The van der Waals surface area contributed by atoms with Gasteiger partial charge in [0.1, 0.15) is 16.5 Å². The third-order valence-corrected chi connectivity index (χ3v) is 7.09. The van der Waals surface area contributed by atoms with Gasteiger partial charge in [0.05, 0.1) is 17.8 Å². The molecule has 176 valence electrons. The van der Waals surface area contributed by atoms with Crippen LogP contribution in [0.1, 0.15) is 11.4 Å². The highest BCUT2D eigenvalue weighted by Gasteiger charge is 2.32. The number of aromatic nitrogens is 4. The minimum atomic E-state index is -4.46. The van der Waals surface area contributed by atoms with Gasteiger partial charge in [-0.15, -0.1) is 5.10 Å². The second-order valence-corrected chi connectivity index (χ2v) is 9.21. The normalized spacial score (nSPS) is 16.3. The van der Waals surface area contributed by atoms with Crippen molar-refractivity contribution in [3.8, 4) is 5.69 Å². The molecule has 1 saturated heterocycles. The molecule has 0 unspecified atom stereocenters. The quantitative estimate of drug-likeness (QED) is 0.513. The molecule has 1 aromatic heterocycles. The Labute approximate surface area is 185 Å². The molecular formula is C19H17F5N6O2S. The van der Waals surface area contributed by atoms with Crippen LogP contribution < -0.4 is 0 Å². The highest BCUT2D eigenvalue weighted by Crippen LogP contribution is 2.29. The summed E-state index contributed by atoms with van der Waals surface area (Å²) in [4.78, 5) is 1.13. The molecule has 1 fully saturated rings. The van der Waals surface area contributed by atoms with Crippen molar-refractivity contribution in [1.29, 1.82) is 0 Å². The first-order chi connectivity index (χ1) is 15.6. The lowest BCUT2D eigenvalue weighted by atomic mass is 10.2. The van der Waals surface area contributed by atoms with Gasteiger partial charge in [-0.1, -0.05) is 0 Å². The van der Waals surface area contributed by atoms with Crippen LogP contribution in [-0.4, -0.2) is 64.0 Å². The van der Waals surface area contributed by atoms with Gasteiger partial charge in [-0.05, 0) is 52.9 Å². The van der Waals surface area contributed by atoms with Crippen LogP contribution in [-0.2, 0) is 22.7 Å². The first kappa shape index (κ1) is 23.2. The first-order valence-corrected chi connectivity index (χ1v) is 11.1. The van der Waals surface area contributed by atoms with Gasteiger partial charge in [-0.25, -0.2) is 17.2 Å². The molecule has 0 spiro atoms. The van der Waals surface area contributed by atoms with Crippen molar-refractivity contribution in [2.75, 3.05) is 26.2 Å². The van der Waals surface area contributed by atoms with E-state index in [9.17, 15) is 30.4 Å². The Bertz CT molecular complexity index is 1240. The van der Waals surface area contributed by atoms with Crippen LogP contribution >= 0.6 is 0 Å². The number of tetrazole rings is 1. The molecular weight excluding hydrogens is 471 g/mol. The Morgan fingerprint density at radius 3 is 2.24 bits per heavy atom. The molecule has 0 N–H and O–H groups in total. The first-order valence-electron chi connectivity index (χ1n) is 9.68. The van der Waals surface area contributed by atoms with Gasteiger partial charge in [-0.2, -0.15) is 22.2 Å². The van der Waals surface area contributed by atoms with Crippen LogP contribution in [0.2, 0.25) is 0 Å². The molecule has 3 aromatic rings. The van der Waals surface area contributed by atoms with E-state index < -0.39 is 38.3 Å². The minimum absolute atomic E-state index is 0.0279. The van der Waals surface area contributed by atoms with E-state index in [2.05, 4.69) is 15.5 Å². The third-order valence-electron chi connectivity index (χ3n) is 5.18. The van der Waals surface area contributed by atoms with Gasteiger partial charge in [0.25, 0.3) is 0 Å². The van der Waals surface area contributed by atoms with E-state index >= 15 is 0 Å². The lowest BCUT2D eigenvalue weighted by Crippen LogP contribution is -2.48. The third kappa shape index (κ3) is 4.86. The van der Waals surface area contributed by atoms with Gasteiger partial charge in [0.15, 0.2) is 5.82 Å². The average Bonchev–Trinajstić information content (AvgIpc) is 3.23. The second-order valence-electron chi connectivity index (χ2n) is 7.31. The number of hydrogen-bond donors (Lipinski definition) is 0. The molecule has 33 heavy (non-hydrogen) atoms. The zero-order valence-electron chi connectivity index (χ0n) is 16.9. The smallest absolute Gasteiger partial charge is 0.293 e. The molecule has 0 atom stereocenters. The topological polar surface area (TPSA) is 84.2 Å². The maximum atomic E-state index is 14.0. The van der Waals surface area contributed by atoms with Crippen LogP contribution in [0.3, 0.4) is 0 Å². The summed E-state index contributed by atoms with van der Waals surface area (Å²) >= 11 is 0. The van der Waals surface area contributed by atoms with Crippen molar-refractivity contribution in [1.82, 2.24) is 29.4 Å². The zero-order valence-corrected chi connectivity index (χ0v) is 17.7. The molecule has 1 aliphatic rings. The van der Waals surface area contributed by atoms with Gasteiger partial charge in [0, 0.05) is 26.2 Å². The molecule has 8 nitrogen and oxygen atoms in total. The highest BCUT2D eigenvalue weighted by molar-refractivity contribution is 7.89. The van der Waals surface area contributed by atoms with Gasteiger partial charge in [0.2, 0.25) is 10.0 Å². The maximum absolute atomic E-state index is 14.0. The minimum Gasteiger partial charge on any atom is -0.293 e. The number of nitrogens with zero attached hydrogens (tertiary/aromatic N) is 6. The molecule has 0 radical (unpaired) electrons. The van der Waals surface area contributed by atoms with Crippen LogP contribution in [0.25, 0.3) is 5.69 Å². The van der Waals surface area contributed by atoms with Crippen molar-refractivity contribution in [2.24, 2.45) is 0 Å². The number of sulfonamides is 1. The van der Waals surface area contributed by atoms with E-state index in [0.29, 0.717) is 17.6 Å². The van der Waals surface area contributed by atoms with Crippen LogP contribution in [0.15, 0.2) is 47.4 Å². The molecule has 0 amide bonds. The Kier molecular flexibility index (Phi) is 6.16. The summed E-state index contributed by atoms with van der Waals surface area (Å²) in [5.74, 6) is -1.54. The summed E-state index contributed by atoms with van der Waals surface area (Å²) in [7, 11) is -4.21. The summed E-state index contributed by atoms with van der Waals surface area (Å²) in [6.45, 7) is 0.780. The Hall–Kier alpha value is -2.97. The fourth-order valence-electron chi connectivity index (χ4n) is 3.44. The van der Waals surface area contributed by atoms with E-state index in [1.54, 1.807) is 0 Å². The molecule has 0 saturated carbocycles. The molecule has 2 aromatic carbocycles. The standard InChI is InChI=1S/C19H17F5N6O2S/c20-14-3-6-16(21)17(11-14)33(31,32)29-9-7-28(8-10-29)12-18-25-26-27-30(18)15-4-1-13(2-5-15)19(22,23)24/h1-6,11H,7-10,12H2. The van der Waals surface area contributed by atoms with E-state index in [-0.39, 0.29) is 32.7 Å². The van der Waals surface area contributed by atoms with Crippen molar-refractivity contribution in [3.05, 3.63) is 65.5 Å². The lowest BCUT2D eigenvalue weighted by molar-refractivity contribution is -0.137. The van der Waals surface area contributed by atoms with E-state index in [1.807, 2.05) is 4.90 Å². The molecule has 0 bridgehead atoms. The average molecular weight is 488 g/mol. The monoisotopic (exact) mass is 488 g/mol. The van der Waals surface area contributed by atoms with E-state index in [0.717, 1.165) is 28.6 Å². The highest BCUT2D eigenvalue weighted by atomic mass is 32.2. The number of alkyl halides is 3. The SMILES string of the molecule is O=S(=O)(c1cc(F)ccc1F)N1CCN(Cc2nnnn2-c2ccc(C(F)(F)F)cc2)CC1. The molecule has 4 rings (SSSR count). The van der Waals surface area contributed by atoms with Crippen LogP contribution in [0.5, 0.6) is 0 Å². The summed E-state index contributed by atoms with van der Waals surface area (Å²) < 4.78 is 93.5. The Morgan fingerprint density at radius 1 is 0.939 bits per heavy atom. The molecule has 14 heteroatoms. The fourth-order valence-corrected chi connectivity index (χ4v) is 4.94. The number of piperazine rings is 1. The summed E-state index contributed by atoms with van der Waals surface area (Å²) in [5.41, 5.74) is -0.460. The van der Waals surface area contributed by atoms with E-state index in [1.165, 1.54) is 16.8 Å². The van der Waals surface area contributed by atoms with Gasteiger partial charge < -0.3 is 0 Å². The van der Waals surface area contributed by atoms with Crippen LogP contribution in [0, 0.1) is 11.6 Å². The number of benzene rings is 2. The van der Waals surface area contributed by atoms with E-state index in [4.69, 9.17) is 0 Å². The van der Waals surface area contributed by atoms with Crippen molar-refractivity contribution in [2.45, 2.75) is 17.6 Å². The number of rotatable bonds is 5. The summed E-state index contributed by atoms with van der Waals surface area (Å²) in [6.07, 6.45) is -4.46.